The predicted octanol–water partition coefficient (Wildman–Crippen LogP) is 2.17. The van der Waals surface area contributed by atoms with Crippen molar-refractivity contribution in [2.24, 2.45) is 0 Å². The van der Waals surface area contributed by atoms with E-state index < -0.39 is 10.0 Å². The molecule has 0 aromatic heterocycles. The summed E-state index contributed by atoms with van der Waals surface area (Å²) in [5.74, 6) is -0.320. The second kappa shape index (κ2) is 9.71. The Morgan fingerprint density at radius 1 is 1.07 bits per heavy atom. The maximum Gasteiger partial charge on any atom is 0.243 e. The summed E-state index contributed by atoms with van der Waals surface area (Å²) in [5.41, 5.74) is 0.556. The molecular weight excluding hydrogens is 390 g/mol. The van der Waals surface area contributed by atoms with E-state index in [2.05, 4.69) is 5.32 Å². The Kier molecular flexibility index (Phi) is 7.82. The van der Waals surface area contributed by atoms with Crippen LogP contribution in [0, 0.1) is 0 Å². The van der Waals surface area contributed by atoms with Crippen molar-refractivity contribution in [2.75, 3.05) is 26.7 Å². The molecule has 1 aromatic carbocycles. The predicted molar refractivity (Wildman–Crippen MR) is 113 cm³/mol. The number of carbonyl (C=O) groups is 2. The van der Waals surface area contributed by atoms with E-state index in [9.17, 15) is 18.0 Å². The SMILES string of the molecule is CN(CC(=O)NC(C)(C)C)C(=O)CCc1ccc(S(=O)(=O)N2CCCCC2)cc1. The summed E-state index contributed by atoms with van der Waals surface area (Å²) in [6.45, 7) is 6.84. The van der Waals surface area contributed by atoms with Gasteiger partial charge >= 0.3 is 0 Å². The molecule has 0 aliphatic carbocycles. The van der Waals surface area contributed by atoms with E-state index in [4.69, 9.17) is 0 Å². The Labute approximate surface area is 174 Å². The fourth-order valence-corrected chi connectivity index (χ4v) is 4.80. The quantitative estimate of drug-likeness (QED) is 0.728. The Morgan fingerprint density at radius 2 is 1.66 bits per heavy atom. The van der Waals surface area contributed by atoms with E-state index in [0.29, 0.717) is 24.4 Å². The second-order valence-corrected chi connectivity index (χ2v) is 10.6. The summed E-state index contributed by atoms with van der Waals surface area (Å²) in [7, 11) is -1.83. The molecule has 1 heterocycles. The number of carbonyl (C=O) groups excluding carboxylic acids is 2. The number of hydrogen-bond acceptors (Lipinski definition) is 4. The molecule has 1 aliphatic rings. The number of nitrogens with zero attached hydrogens (tertiary/aromatic N) is 2. The monoisotopic (exact) mass is 423 g/mol. The first-order chi connectivity index (χ1) is 13.5. The zero-order valence-electron chi connectivity index (χ0n) is 17.9. The third-order valence-electron chi connectivity index (χ3n) is 4.82. The van der Waals surface area contributed by atoms with Crippen molar-refractivity contribution in [2.45, 2.75) is 63.3 Å². The molecule has 1 aromatic rings. The second-order valence-electron chi connectivity index (χ2n) is 8.66. The molecule has 162 valence electrons. The highest BCUT2D eigenvalue weighted by Gasteiger charge is 2.25. The summed E-state index contributed by atoms with van der Waals surface area (Å²) in [4.78, 5) is 25.9. The number of hydrogen-bond donors (Lipinski definition) is 1. The van der Waals surface area contributed by atoms with Crippen LogP contribution >= 0.6 is 0 Å². The molecule has 1 fully saturated rings. The van der Waals surface area contributed by atoms with Crippen LogP contribution in [0.3, 0.4) is 0 Å². The molecule has 1 aliphatic heterocycles. The lowest BCUT2D eigenvalue weighted by Gasteiger charge is -2.25. The largest absolute Gasteiger partial charge is 0.350 e. The van der Waals surface area contributed by atoms with Gasteiger partial charge in [0.2, 0.25) is 21.8 Å². The van der Waals surface area contributed by atoms with Gasteiger partial charge in [-0.25, -0.2) is 8.42 Å². The van der Waals surface area contributed by atoms with Gasteiger partial charge in [-0.1, -0.05) is 18.6 Å². The fraction of sp³-hybridized carbons (Fsp3) is 0.619. The van der Waals surface area contributed by atoms with E-state index in [-0.39, 0.29) is 30.3 Å². The molecule has 0 atom stereocenters. The van der Waals surface area contributed by atoms with E-state index in [1.54, 1.807) is 35.6 Å². The number of benzene rings is 1. The van der Waals surface area contributed by atoms with Gasteiger partial charge in [-0.3, -0.25) is 9.59 Å². The van der Waals surface area contributed by atoms with Crippen molar-refractivity contribution in [1.82, 2.24) is 14.5 Å². The molecule has 0 radical (unpaired) electrons. The van der Waals surface area contributed by atoms with Crippen LogP contribution in [-0.2, 0) is 26.0 Å². The smallest absolute Gasteiger partial charge is 0.243 e. The fourth-order valence-electron chi connectivity index (χ4n) is 3.29. The third-order valence-corrected chi connectivity index (χ3v) is 6.74. The van der Waals surface area contributed by atoms with Crippen LogP contribution in [0.4, 0.5) is 0 Å². The Morgan fingerprint density at radius 3 is 2.21 bits per heavy atom. The van der Waals surface area contributed by atoms with Crippen molar-refractivity contribution in [3.63, 3.8) is 0 Å². The Hall–Kier alpha value is -1.93. The number of likely N-dealkylation sites (N-methyl/N-ethyl adjacent to an activating group) is 1. The van der Waals surface area contributed by atoms with Crippen molar-refractivity contribution in [3.05, 3.63) is 29.8 Å². The first kappa shape index (κ1) is 23.3. The Balaban J connectivity index is 1.88. The number of sulfonamides is 1. The van der Waals surface area contributed by atoms with Gasteiger partial charge in [0, 0.05) is 32.1 Å². The van der Waals surface area contributed by atoms with Gasteiger partial charge in [-0.2, -0.15) is 4.31 Å². The van der Waals surface area contributed by atoms with Gasteiger partial charge in [0.25, 0.3) is 0 Å². The number of amides is 2. The molecule has 2 rings (SSSR count). The number of rotatable bonds is 7. The Bertz CT molecular complexity index is 807. The number of piperidine rings is 1. The lowest BCUT2D eigenvalue weighted by molar-refractivity contribution is -0.135. The summed E-state index contributed by atoms with van der Waals surface area (Å²) in [5, 5.41) is 2.83. The number of aryl methyl sites for hydroxylation is 1. The van der Waals surface area contributed by atoms with Crippen LogP contribution < -0.4 is 5.32 Å². The lowest BCUT2D eigenvalue weighted by atomic mass is 10.1. The van der Waals surface area contributed by atoms with Crippen molar-refractivity contribution >= 4 is 21.8 Å². The summed E-state index contributed by atoms with van der Waals surface area (Å²) in [6.07, 6.45) is 3.64. The maximum absolute atomic E-state index is 12.7. The normalized spacial score (nSPS) is 15.7. The summed E-state index contributed by atoms with van der Waals surface area (Å²) in [6, 6.07) is 6.75. The van der Waals surface area contributed by atoms with E-state index in [1.165, 1.54) is 4.90 Å². The first-order valence-electron chi connectivity index (χ1n) is 10.1. The zero-order valence-corrected chi connectivity index (χ0v) is 18.7. The summed E-state index contributed by atoms with van der Waals surface area (Å²) < 4.78 is 26.9. The minimum atomic E-state index is -3.44. The molecule has 0 saturated carbocycles. The van der Waals surface area contributed by atoms with Crippen LogP contribution in [0.25, 0.3) is 0 Å². The van der Waals surface area contributed by atoms with Crippen molar-refractivity contribution in [1.29, 1.82) is 0 Å². The van der Waals surface area contributed by atoms with Gasteiger partial charge in [0.15, 0.2) is 0 Å². The molecule has 8 heteroatoms. The minimum Gasteiger partial charge on any atom is -0.350 e. The third kappa shape index (κ3) is 7.12. The van der Waals surface area contributed by atoms with Gasteiger partial charge < -0.3 is 10.2 Å². The highest BCUT2D eigenvalue weighted by Crippen LogP contribution is 2.21. The van der Waals surface area contributed by atoms with Crippen LogP contribution in [0.2, 0.25) is 0 Å². The maximum atomic E-state index is 12.7. The molecule has 7 nitrogen and oxygen atoms in total. The molecule has 2 amide bonds. The molecule has 0 bridgehead atoms. The van der Waals surface area contributed by atoms with Crippen molar-refractivity contribution in [3.8, 4) is 0 Å². The molecule has 1 saturated heterocycles. The van der Waals surface area contributed by atoms with Crippen LogP contribution in [0.15, 0.2) is 29.2 Å². The zero-order chi connectivity index (χ0) is 21.7. The minimum absolute atomic E-state index is 0.0170. The van der Waals surface area contributed by atoms with Gasteiger partial charge in [-0.15, -0.1) is 0 Å². The van der Waals surface area contributed by atoms with Gasteiger partial charge in [0.1, 0.15) is 0 Å². The van der Waals surface area contributed by atoms with Gasteiger partial charge in [0.05, 0.1) is 11.4 Å². The molecule has 1 N–H and O–H groups in total. The standard InChI is InChI=1S/C21H33N3O4S/c1-21(2,3)22-19(25)16-23(4)20(26)13-10-17-8-11-18(12-9-17)29(27,28)24-14-6-5-7-15-24/h8-9,11-12H,5-7,10,13-16H2,1-4H3,(H,22,25). The lowest BCUT2D eigenvalue weighted by Crippen LogP contribution is -2.46. The van der Waals surface area contributed by atoms with Crippen LogP contribution in [0.5, 0.6) is 0 Å². The molecular formula is C21H33N3O4S. The molecule has 0 spiro atoms. The molecule has 0 unspecified atom stereocenters. The van der Waals surface area contributed by atoms with Crippen molar-refractivity contribution < 1.29 is 18.0 Å². The average molecular weight is 424 g/mol. The average Bonchev–Trinajstić information content (AvgIpc) is 2.65. The van der Waals surface area contributed by atoms with E-state index in [1.807, 2.05) is 20.8 Å². The van der Waals surface area contributed by atoms with E-state index >= 15 is 0 Å². The topological polar surface area (TPSA) is 86.8 Å². The van der Waals surface area contributed by atoms with Crippen LogP contribution in [0.1, 0.15) is 52.0 Å². The van der Waals surface area contributed by atoms with Gasteiger partial charge in [-0.05, 0) is 57.7 Å². The highest BCUT2D eigenvalue weighted by atomic mass is 32.2. The first-order valence-corrected chi connectivity index (χ1v) is 11.6. The van der Waals surface area contributed by atoms with E-state index in [0.717, 1.165) is 24.8 Å². The van der Waals surface area contributed by atoms with Crippen LogP contribution in [-0.4, -0.2) is 61.7 Å². The summed E-state index contributed by atoms with van der Waals surface area (Å²) >= 11 is 0. The highest BCUT2D eigenvalue weighted by molar-refractivity contribution is 7.89. The number of nitrogens with one attached hydrogen (secondary N) is 1. The molecule has 29 heavy (non-hydrogen) atoms.